The van der Waals surface area contributed by atoms with E-state index in [1.807, 2.05) is 37.3 Å². The first-order valence-electron chi connectivity index (χ1n) is 4.62. The minimum absolute atomic E-state index is 0.275. The quantitative estimate of drug-likeness (QED) is 0.586. The van der Waals surface area contributed by atoms with Gasteiger partial charge in [-0.05, 0) is 12.0 Å². The third-order valence-corrected chi connectivity index (χ3v) is 2.10. The molecule has 0 saturated carbocycles. The van der Waals surface area contributed by atoms with E-state index in [1.54, 1.807) is 0 Å². The fraction of sp³-hybridized carbons (Fsp3) is 0.364. The van der Waals surface area contributed by atoms with Gasteiger partial charge in [-0.1, -0.05) is 37.3 Å². The second kappa shape index (κ2) is 5.40. The third kappa shape index (κ3) is 2.57. The van der Waals surface area contributed by atoms with Crippen LogP contribution < -0.4 is 0 Å². The number of carbonyl (C=O) groups is 1. The summed E-state index contributed by atoms with van der Waals surface area (Å²) in [7, 11) is 0. The maximum atomic E-state index is 11.4. The van der Waals surface area contributed by atoms with Crippen LogP contribution in [0.5, 0.6) is 0 Å². The summed E-state index contributed by atoms with van der Waals surface area (Å²) in [6.45, 7) is 1.36. The lowest BCUT2D eigenvalue weighted by molar-refractivity contribution is -0.153. The lowest BCUT2D eigenvalue weighted by Gasteiger charge is -2.12. The Hall–Kier alpha value is -1.35. The highest BCUT2D eigenvalue weighted by atomic mass is 16.6. The van der Waals surface area contributed by atoms with Crippen LogP contribution in [0.3, 0.4) is 0 Å². The van der Waals surface area contributed by atoms with Crippen LogP contribution in [0.25, 0.3) is 0 Å². The maximum absolute atomic E-state index is 11.4. The second-order valence-corrected chi connectivity index (χ2v) is 2.96. The molecule has 0 aromatic heterocycles. The molecule has 1 atom stereocenters. The van der Waals surface area contributed by atoms with Crippen molar-refractivity contribution in [1.82, 2.24) is 0 Å². The molecule has 1 N–H and O–H groups in total. The number of hydrogen-bond donors (Lipinski definition) is 1. The molecule has 3 heteroatoms. The van der Waals surface area contributed by atoms with Crippen LogP contribution in [0, 0.1) is 0 Å². The SMILES string of the molecule is CCC(C(=O)OCO)c1ccccc1. The van der Waals surface area contributed by atoms with Crippen LogP contribution in [0.4, 0.5) is 0 Å². The number of ether oxygens (including phenoxy) is 1. The zero-order valence-electron chi connectivity index (χ0n) is 8.14. The van der Waals surface area contributed by atoms with Gasteiger partial charge in [-0.15, -0.1) is 0 Å². The molecule has 1 aromatic rings. The predicted octanol–water partition coefficient (Wildman–Crippen LogP) is 1.67. The molecule has 0 spiro atoms. The van der Waals surface area contributed by atoms with Gasteiger partial charge in [0.25, 0.3) is 0 Å². The van der Waals surface area contributed by atoms with Crippen LogP contribution in [-0.2, 0) is 9.53 Å². The molecule has 1 unspecified atom stereocenters. The van der Waals surface area contributed by atoms with Crippen LogP contribution in [-0.4, -0.2) is 17.9 Å². The molecule has 0 amide bonds. The van der Waals surface area contributed by atoms with E-state index in [0.29, 0.717) is 6.42 Å². The predicted molar refractivity (Wildman–Crippen MR) is 52.7 cm³/mol. The van der Waals surface area contributed by atoms with Crippen LogP contribution in [0.15, 0.2) is 30.3 Å². The molecule has 0 fully saturated rings. The zero-order valence-corrected chi connectivity index (χ0v) is 8.14. The lowest BCUT2D eigenvalue weighted by atomic mass is 9.97. The summed E-state index contributed by atoms with van der Waals surface area (Å²) in [6.07, 6.45) is 0.669. The van der Waals surface area contributed by atoms with Crippen molar-refractivity contribution < 1.29 is 14.6 Å². The van der Waals surface area contributed by atoms with Crippen molar-refractivity contribution in [3.05, 3.63) is 35.9 Å². The van der Waals surface area contributed by atoms with Gasteiger partial charge in [-0.3, -0.25) is 4.79 Å². The maximum Gasteiger partial charge on any atom is 0.315 e. The first kappa shape index (κ1) is 10.7. The van der Waals surface area contributed by atoms with Crippen LogP contribution in [0.1, 0.15) is 24.8 Å². The average Bonchev–Trinajstić information content (AvgIpc) is 2.21. The molecule has 0 bridgehead atoms. The third-order valence-electron chi connectivity index (χ3n) is 2.10. The monoisotopic (exact) mass is 194 g/mol. The molecule has 0 radical (unpaired) electrons. The smallest absolute Gasteiger partial charge is 0.315 e. The lowest BCUT2D eigenvalue weighted by Crippen LogP contribution is -2.15. The molecule has 0 aliphatic carbocycles. The highest BCUT2D eigenvalue weighted by Gasteiger charge is 2.19. The Labute approximate surface area is 83.3 Å². The molecule has 1 aromatic carbocycles. The molecule has 76 valence electrons. The van der Waals surface area contributed by atoms with E-state index in [0.717, 1.165) is 5.56 Å². The number of carbonyl (C=O) groups excluding carboxylic acids is 1. The van der Waals surface area contributed by atoms with Gasteiger partial charge in [0.15, 0.2) is 6.79 Å². The molecule has 0 aliphatic heterocycles. The van der Waals surface area contributed by atoms with Crippen molar-refractivity contribution in [2.24, 2.45) is 0 Å². The first-order valence-corrected chi connectivity index (χ1v) is 4.62. The van der Waals surface area contributed by atoms with Gasteiger partial charge in [0.05, 0.1) is 5.92 Å². The summed E-state index contributed by atoms with van der Waals surface area (Å²) < 4.78 is 4.57. The van der Waals surface area contributed by atoms with Crippen molar-refractivity contribution >= 4 is 5.97 Å². The van der Waals surface area contributed by atoms with Gasteiger partial charge in [0.1, 0.15) is 0 Å². The topological polar surface area (TPSA) is 46.5 Å². The molecule has 14 heavy (non-hydrogen) atoms. The Morgan fingerprint density at radius 3 is 2.57 bits per heavy atom. The van der Waals surface area contributed by atoms with Gasteiger partial charge in [0.2, 0.25) is 0 Å². The van der Waals surface area contributed by atoms with Gasteiger partial charge in [-0.25, -0.2) is 0 Å². The Balaban J connectivity index is 2.77. The number of rotatable bonds is 4. The number of aliphatic hydroxyl groups is 1. The highest BCUT2D eigenvalue weighted by molar-refractivity contribution is 5.77. The molecule has 1 rings (SSSR count). The van der Waals surface area contributed by atoms with Gasteiger partial charge in [-0.2, -0.15) is 0 Å². The Bertz CT molecular complexity index is 282. The van der Waals surface area contributed by atoms with E-state index < -0.39 is 6.79 Å². The zero-order chi connectivity index (χ0) is 10.4. The minimum Gasteiger partial charge on any atom is -0.438 e. The molecular weight excluding hydrogens is 180 g/mol. The first-order chi connectivity index (χ1) is 6.79. The van der Waals surface area contributed by atoms with Crippen molar-refractivity contribution in [2.75, 3.05) is 6.79 Å². The summed E-state index contributed by atoms with van der Waals surface area (Å²) in [5, 5.41) is 8.48. The van der Waals surface area contributed by atoms with E-state index in [9.17, 15) is 4.79 Å². The summed E-state index contributed by atoms with van der Waals surface area (Å²) in [5.41, 5.74) is 0.924. The van der Waals surface area contributed by atoms with Gasteiger partial charge < -0.3 is 9.84 Å². The molecular formula is C11H14O3. The number of benzene rings is 1. The standard InChI is InChI=1S/C11H14O3/c1-2-10(11(13)14-8-12)9-6-4-3-5-7-9/h3-7,10,12H,2,8H2,1H3. The van der Waals surface area contributed by atoms with Gasteiger partial charge >= 0.3 is 5.97 Å². The van der Waals surface area contributed by atoms with Crippen molar-refractivity contribution in [2.45, 2.75) is 19.3 Å². The second-order valence-electron chi connectivity index (χ2n) is 2.96. The Morgan fingerprint density at radius 1 is 1.43 bits per heavy atom. The Morgan fingerprint density at radius 2 is 2.07 bits per heavy atom. The number of aliphatic hydroxyl groups excluding tert-OH is 1. The Kier molecular flexibility index (Phi) is 4.13. The molecule has 0 aliphatic rings. The van der Waals surface area contributed by atoms with E-state index >= 15 is 0 Å². The minimum atomic E-state index is -0.553. The van der Waals surface area contributed by atoms with E-state index in [1.165, 1.54) is 0 Å². The summed E-state index contributed by atoms with van der Waals surface area (Å²) >= 11 is 0. The van der Waals surface area contributed by atoms with Crippen LogP contribution in [0.2, 0.25) is 0 Å². The highest BCUT2D eigenvalue weighted by Crippen LogP contribution is 2.20. The average molecular weight is 194 g/mol. The summed E-state index contributed by atoms with van der Waals surface area (Å²) in [4.78, 5) is 11.4. The summed E-state index contributed by atoms with van der Waals surface area (Å²) in [5.74, 6) is -0.649. The van der Waals surface area contributed by atoms with Gasteiger partial charge in [0, 0.05) is 0 Å². The number of esters is 1. The van der Waals surface area contributed by atoms with Crippen LogP contribution >= 0.6 is 0 Å². The fourth-order valence-electron chi connectivity index (χ4n) is 1.39. The molecule has 0 heterocycles. The molecule has 0 saturated heterocycles. The number of hydrogen-bond acceptors (Lipinski definition) is 3. The molecule has 3 nitrogen and oxygen atoms in total. The fourth-order valence-corrected chi connectivity index (χ4v) is 1.39. The van der Waals surface area contributed by atoms with E-state index in [4.69, 9.17) is 5.11 Å². The van der Waals surface area contributed by atoms with Crippen molar-refractivity contribution in [3.8, 4) is 0 Å². The van der Waals surface area contributed by atoms with E-state index in [-0.39, 0.29) is 11.9 Å². The van der Waals surface area contributed by atoms with Crippen molar-refractivity contribution in [1.29, 1.82) is 0 Å². The largest absolute Gasteiger partial charge is 0.438 e. The normalized spacial score (nSPS) is 12.1. The summed E-state index contributed by atoms with van der Waals surface area (Å²) in [6, 6.07) is 9.42. The van der Waals surface area contributed by atoms with E-state index in [2.05, 4.69) is 4.74 Å². The van der Waals surface area contributed by atoms with Crippen molar-refractivity contribution in [3.63, 3.8) is 0 Å².